The average molecular weight is 670 g/mol. The number of para-hydroxylation sites is 3. The summed E-state index contributed by atoms with van der Waals surface area (Å²) in [5.74, 6) is 0. The van der Waals surface area contributed by atoms with Crippen molar-refractivity contribution in [3.63, 3.8) is 0 Å². The molecule has 1 aliphatic carbocycles. The highest BCUT2D eigenvalue weighted by molar-refractivity contribution is 7.00. The molecule has 0 bridgehead atoms. The van der Waals surface area contributed by atoms with Gasteiger partial charge in [0.1, 0.15) is 0 Å². The highest BCUT2D eigenvalue weighted by Gasteiger charge is 2.61. The van der Waals surface area contributed by atoms with Crippen molar-refractivity contribution in [1.29, 1.82) is 0 Å². The van der Waals surface area contributed by atoms with Gasteiger partial charge in [-0.2, -0.15) is 0 Å². The van der Waals surface area contributed by atoms with Crippen LogP contribution in [-0.4, -0.2) is 12.3 Å². The lowest BCUT2D eigenvalue weighted by molar-refractivity contribution is 0.195. The van der Waals surface area contributed by atoms with Crippen LogP contribution in [0.25, 0.3) is 10.8 Å². The summed E-state index contributed by atoms with van der Waals surface area (Å²) in [5.41, 5.74) is 15.8. The molecule has 52 heavy (non-hydrogen) atoms. The first-order valence-corrected chi connectivity index (χ1v) is 18.9. The van der Waals surface area contributed by atoms with E-state index in [9.17, 15) is 0 Å². The molecule has 1 fully saturated rings. The highest BCUT2D eigenvalue weighted by atomic mass is 15.3. The molecule has 3 heterocycles. The first-order valence-electron chi connectivity index (χ1n) is 18.9. The van der Waals surface area contributed by atoms with Crippen molar-refractivity contribution in [3.05, 3.63) is 163 Å². The average Bonchev–Trinajstić information content (AvgIpc) is 3.41. The van der Waals surface area contributed by atoms with Crippen molar-refractivity contribution in [1.82, 2.24) is 0 Å². The van der Waals surface area contributed by atoms with Crippen molar-refractivity contribution in [2.45, 2.75) is 50.5 Å². The van der Waals surface area contributed by atoms with Crippen LogP contribution in [0, 0.1) is 0 Å². The molecule has 250 valence electrons. The summed E-state index contributed by atoms with van der Waals surface area (Å²) in [6, 6.07) is 58.8. The number of hydrogen-bond acceptors (Lipinski definition) is 3. The fourth-order valence-corrected chi connectivity index (χ4v) is 10.5. The van der Waals surface area contributed by atoms with Gasteiger partial charge in [-0.15, -0.1) is 0 Å². The molecule has 0 amide bonds. The van der Waals surface area contributed by atoms with Crippen LogP contribution < -0.4 is 31.1 Å². The van der Waals surface area contributed by atoms with E-state index in [-0.39, 0.29) is 17.7 Å². The Hall–Kier alpha value is -5.74. The molecule has 7 aromatic carbocycles. The Kier molecular flexibility index (Phi) is 6.27. The second-order valence-electron chi connectivity index (χ2n) is 15.7. The predicted molar refractivity (Wildman–Crippen MR) is 221 cm³/mol. The molecule has 7 aromatic rings. The van der Waals surface area contributed by atoms with E-state index < -0.39 is 0 Å². The Morgan fingerprint density at radius 3 is 1.88 bits per heavy atom. The lowest BCUT2D eigenvalue weighted by atomic mass is 9.33. The fraction of sp³-hybridized carbons (Fsp3) is 0.167. The molecule has 0 aromatic heterocycles. The van der Waals surface area contributed by atoms with Crippen LogP contribution in [-0.2, 0) is 5.41 Å². The minimum Gasteiger partial charge on any atom is -0.335 e. The van der Waals surface area contributed by atoms with E-state index in [1.54, 1.807) is 0 Å². The molecule has 0 radical (unpaired) electrons. The van der Waals surface area contributed by atoms with E-state index in [0.29, 0.717) is 0 Å². The van der Waals surface area contributed by atoms with Crippen molar-refractivity contribution in [2.24, 2.45) is 0 Å². The molecule has 3 aliphatic heterocycles. The quantitative estimate of drug-likeness (QED) is 0.173. The van der Waals surface area contributed by atoms with Gasteiger partial charge in [-0.25, -0.2) is 0 Å². The number of fused-ring (bicyclic) bond motifs is 9. The number of nitrogens with zero attached hydrogens (tertiary/aromatic N) is 3. The van der Waals surface area contributed by atoms with Crippen LogP contribution in [0.3, 0.4) is 0 Å². The molecule has 0 spiro atoms. The second kappa shape index (κ2) is 10.9. The van der Waals surface area contributed by atoms with E-state index in [1.807, 2.05) is 0 Å². The molecule has 1 saturated carbocycles. The normalized spacial score (nSPS) is 20.6. The third kappa shape index (κ3) is 3.93. The van der Waals surface area contributed by atoms with Gasteiger partial charge in [-0.05, 0) is 113 Å². The standard InChI is InChI=1S/C48H40BN3/c1-47-28-14-15-29-48(47,2)52-44-32-38(50(35-18-6-3-7-19-35)36-20-8-4-9-21-36)24-26-40(44)49-41-30-33-16-12-13-17-34(33)31-43(41)51(37-22-10-5-11-23-37)42-27-25-39(47)46(52)45(42)49/h3-13,16-27,30-32H,14-15,28-29H2,1-2H3. The smallest absolute Gasteiger partial charge is 0.252 e. The molecule has 2 unspecified atom stereocenters. The molecule has 11 rings (SSSR count). The molecule has 2 atom stereocenters. The number of hydrogen-bond donors (Lipinski definition) is 0. The lowest BCUT2D eigenvalue weighted by Crippen LogP contribution is -2.64. The Labute approximate surface area is 306 Å². The maximum Gasteiger partial charge on any atom is 0.252 e. The summed E-state index contributed by atoms with van der Waals surface area (Å²) in [7, 11) is 0. The molecule has 0 N–H and O–H groups in total. The third-order valence-corrected chi connectivity index (χ3v) is 13.1. The molecule has 3 nitrogen and oxygen atoms in total. The largest absolute Gasteiger partial charge is 0.335 e. The Bertz CT molecular complexity index is 2490. The summed E-state index contributed by atoms with van der Waals surface area (Å²) in [6.07, 6.45) is 4.90. The van der Waals surface area contributed by atoms with Crippen molar-refractivity contribution in [2.75, 3.05) is 14.7 Å². The number of benzene rings is 7. The van der Waals surface area contributed by atoms with E-state index in [0.717, 1.165) is 11.4 Å². The Balaban J connectivity index is 1.23. The zero-order valence-electron chi connectivity index (χ0n) is 29.8. The van der Waals surface area contributed by atoms with Crippen LogP contribution >= 0.6 is 0 Å². The van der Waals surface area contributed by atoms with Gasteiger partial charge in [0.25, 0.3) is 6.71 Å². The molecule has 0 saturated heterocycles. The van der Waals surface area contributed by atoms with Crippen LogP contribution in [0.5, 0.6) is 0 Å². The van der Waals surface area contributed by atoms with Gasteiger partial charge in [-0.3, -0.25) is 0 Å². The molecule has 4 heteroatoms. The summed E-state index contributed by atoms with van der Waals surface area (Å²) >= 11 is 0. The van der Waals surface area contributed by atoms with Gasteiger partial charge < -0.3 is 14.7 Å². The van der Waals surface area contributed by atoms with Gasteiger partial charge in [0.15, 0.2) is 0 Å². The fourth-order valence-electron chi connectivity index (χ4n) is 10.5. The van der Waals surface area contributed by atoms with Crippen LogP contribution in [0.4, 0.5) is 45.5 Å². The monoisotopic (exact) mass is 669 g/mol. The molecular formula is C48H40BN3. The summed E-state index contributed by atoms with van der Waals surface area (Å²) in [6.45, 7) is 5.25. The second-order valence-corrected chi connectivity index (χ2v) is 15.7. The van der Waals surface area contributed by atoms with Crippen molar-refractivity contribution >= 4 is 79.4 Å². The first-order chi connectivity index (χ1) is 25.5. The Morgan fingerprint density at radius 2 is 1.17 bits per heavy atom. The van der Waals surface area contributed by atoms with Gasteiger partial charge >= 0.3 is 0 Å². The van der Waals surface area contributed by atoms with Gasteiger partial charge in [-0.1, -0.05) is 117 Å². The summed E-state index contributed by atoms with van der Waals surface area (Å²) in [5, 5.41) is 2.56. The SMILES string of the molecule is CC12CCCCC1(C)N1c3cc(N(c4ccccc4)c4ccccc4)ccc3B3c4cc5ccccc5cc4N(c4ccccc4)c4ccc2c1c43. The topological polar surface area (TPSA) is 9.72 Å². The first kappa shape index (κ1) is 29.9. The van der Waals surface area contributed by atoms with Crippen LogP contribution in [0.15, 0.2) is 158 Å². The zero-order valence-corrected chi connectivity index (χ0v) is 29.8. The van der Waals surface area contributed by atoms with Crippen LogP contribution in [0.1, 0.15) is 45.1 Å². The van der Waals surface area contributed by atoms with Gasteiger partial charge in [0.05, 0.1) is 5.54 Å². The van der Waals surface area contributed by atoms with Crippen molar-refractivity contribution < 1.29 is 0 Å². The number of rotatable bonds is 4. The maximum atomic E-state index is 2.83. The highest BCUT2D eigenvalue weighted by Crippen LogP contribution is 2.62. The zero-order chi connectivity index (χ0) is 34.6. The summed E-state index contributed by atoms with van der Waals surface area (Å²) in [4.78, 5) is 7.80. The van der Waals surface area contributed by atoms with E-state index in [2.05, 4.69) is 186 Å². The van der Waals surface area contributed by atoms with Crippen LogP contribution in [0.2, 0.25) is 0 Å². The van der Waals surface area contributed by atoms with Gasteiger partial charge in [0.2, 0.25) is 0 Å². The molecular weight excluding hydrogens is 629 g/mol. The number of anilines is 8. The van der Waals surface area contributed by atoms with E-state index >= 15 is 0 Å². The predicted octanol–water partition coefficient (Wildman–Crippen LogP) is 10.7. The van der Waals surface area contributed by atoms with Crippen molar-refractivity contribution in [3.8, 4) is 0 Å². The third-order valence-electron chi connectivity index (χ3n) is 13.1. The van der Waals surface area contributed by atoms with E-state index in [4.69, 9.17) is 0 Å². The lowest BCUT2D eigenvalue weighted by Gasteiger charge is -2.52. The minimum absolute atomic E-state index is 0.0393. The minimum atomic E-state index is -0.0490. The Morgan fingerprint density at radius 1 is 0.538 bits per heavy atom. The maximum absolute atomic E-state index is 2.83. The van der Waals surface area contributed by atoms with E-state index in [1.165, 1.54) is 92.5 Å². The molecule has 4 aliphatic rings. The summed E-state index contributed by atoms with van der Waals surface area (Å²) < 4.78 is 0. The van der Waals surface area contributed by atoms with Gasteiger partial charge in [0, 0.05) is 50.9 Å².